The normalized spacial score (nSPS) is 11.0. The van der Waals surface area contributed by atoms with Crippen LogP contribution in [0.4, 0.5) is 0 Å². The number of nitrogens with zero attached hydrogens (tertiary/aromatic N) is 3. The highest BCUT2D eigenvalue weighted by Gasteiger charge is 2.10. The summed E-state index contributed by atoms with van der Waals surface area (Å²) in [6, 6.07) is 17.8. The molecule has 0 amide bonds. The van der Waals surface area contributed by atoms with E-state index in [9.17, 15) is 4.79 Å². The minimum Gasteiger partial charge on any atom is -0.298 e. The zero-order chi connectivity index (χ0) is 16.4. The van der Waals surface area contributed by atoms with Crippen LogP contribution in [-0.2, 0) is 13.0 Å². The highest BCUT2D eigenvalue weighted by Crippen LogP contribution is 2.30. The third-order valence-corrected chi connectivity index (χ3v) is 5.00. The maximum atomic E-state index is 12.7. The number of rotatable bonds is 4. The SMILES string of the molecule is O=c1c2cc(-c3ccccc3)sc2ncn1CCc1ccccn1. The van der Waals surface area contributed by atoms with E-state index in [4.69, 9.17) is 0 Å². The van der Waals surface area contributed by atoms with Crippen molar-refractivity contribution >= 4 is 21.6 Å². The number of pyridine rings is 1. The second-order valence-corrected chi connectivity index (χ2v) is 6.54. The van der Waals surface area contributed by atoms with Crippen LogP contribution >= 0.6 is 11.3 Å². The van der Waals surface area contributed by atoms with Gasteiger partial charge in [0.1, 0.15) is 4.83 Å². The molecule has 0 bridgehead atoms. The van der Waals surface area contributed by atoms with E-state index in [2.05, 4.69) is 9.97 Å². The molecule has 24 heavy (non-hydrogen) atoms. The van der Waals surface area contributed by atoms with E-state index >= 15 is 0 Å². The minimum absolute atomic E-state index is 0.00867. The first-order valence-electron chi connectivity index (χ1n) is 7.75. The standard InChI is InChI=1S/C19H15N3OS/c23-19-16-12-17(14-6-2-1-3-7-14)24-18(16)21-13-22(19)11-9-15-8-4-5-10-20-15/h1-8,10,12-13H,9,11H2. The van der Waals surface area contributed by atoms with Crippen LogP contribution in [0.2, 0.25) is 0 Å². The summed E-state index contributed by atoms with van der Waals surface area (Å²) in [6.07, 6.45) is 4.12. The lowest BCUT2D eigenvalue weighted by atomic mass is 10.2. The van der Waals surface area contributed by atoms with Crippen LogP contribution in [0.15, 0.2) is 71.9 Å². The van der Waals surface area contributed by atoms with Crippen molar-refractivity contribution in [3.63, 3.8) is 0 Å². The van der Waals surface area contributed by atoms with Crippen LogP contribution in [0.25, 0.3) is 20.7 Å². The Balaban J connectivity index is 1.66. The van der Waals surface area contributed by atoms with Crippen molar-refractivity contribution in [2.45, 2.75) is 13.0 Å². The van der Waals surface area contributed by atoms with Crippen molar-refractivity contribution in [1.29, 1.82) is 0 Å². The van der Waals surface area contributed by atoms with Crippen LogP contribution in [-0.4, -0.2) is 14.5 Å². The van der Waals surface area contributed by atoms with Crippen LogP contribution in [0.1, 0.15) is 5.69 Å². The molecule has 118 valence electrons. The van der Waals surface area contributed by atoms with E-state index in [0.717, 1.165) is 21.0 Å². The molecule has 5 heteroatoms. The van der Waals surface area contributed by atoms with Crippen LogP contribution < -0.4 is 5.56 Å². The first kappa shape index (κ1) is 14.8. The smallest absolute Gasteiger partial charge is 0.262 e. The van der Waals surface area contributed by atoms with Gasteiger partial charge in [-0.1, -0.05) is 36.4 Å². The number of aryl methyl sites for hydroxylation is 2. The number of benzene rings is 1. The van der Waals surface area contributed by atoms with Gasteiger partial charge in [-0.3, -0.25) is 14.3 Å². The molecule has 0 saturated carbocycles. The van der Waals surface area contributed by atoms with Gasteiger partial charge in [0.2, 0.25) is 0 Å². The van der Waals surface area contributed by atoms with Gasteiger partial charge in [0, 0.05) is 29.7 Å². The zero-order valence-corrected chi connectivity index (χ0v) is 13.7. The van der Waals surface area contributed by atoms with E-state index in [1.54, 1.807) is 28.4 Å². The molecule has 4 nitrogen and oxygen atoms in total. The number of aromatic nitrogens is 3. The van der Waals surface area contributed by atoms with Gasteiger partial charge in [-0.05, 0) is 23.8 Å². The molecule has 0 spiro atoms. The Labute approximate surface area is 143 Å². The fourth-order valence-electron chi connectivity index (χ4n) is 2.64. The molecule has 4 rings (SSSR count). The van der Waals surface area contributed by atoms with E-state index in [-0.39, 0.29) is 5.56 Å². The Morgan fingerprint density at radius 3 is 2.62 bits per heavy atom. The summed E-state index contributed by atoms with van der Waals surface area (Å²) in [5.74, 6) is 0. The van der Waals surface area contributed by atoms with E-state index < -0.39 is 0 Å². The molecule has 0 unspecified atom stereocenters. The molecule has 0 saturated heterocycles. The molecule has 0 aliphatic rings. The van der Waals surface area contributed by atoms with Gasteiger partial charge >= 0.3 is 0 Å². The predicted molar refractivity (Wildman–Crippen MR) is 97.3 cm³/mol. The minimum atomic E-state index is 0.00867. The van der Waals surface area contributed by atoms with Gasteiger partial charge in [-0.15, -0.1) is 11.3 Å². The summed E-state index contributed by atoms with van der Waals surface area (Å²) in [5.41, 5.74) is 2.09. The maximum Gasteiger partial charge on any atom is 0.262 e. The monoisotopic (exact) mass is 333 g/mol. The van der Waals surface area contributed by atoms with Crippen molar-refractivity contribution < 1.29 is 0 Å². The molecule has 0 fully saturated rings. The molecular weight excluding hydrogens is 318 g/mol. The topological polar surface area (TPSA) is 47.8 Å². The van der Waals surface area contributed by atoms with Gasteiger partial charge in [0.15, 0.2) is 0 Å². The van der Waals surface area contributed by atoms with Crippen LogP contribution in [0.5, 0.6) is 0 Å². The van der Waals surface area contributed by atoms with Crippen molar-refractivity contribution in [2.24, 2.45) is 0 Å². The van der Waals surface area contributed by atoms with Crippen LogP contribution in [0, 0.1) is 0 Å². The number of hydrogen-bond donors (Lipinski definition) is 0. The van der Waals surface area contributed by atoms with E-state index in [1.165, 1.54) is 0 Å². The van der Waals surface area contributed by atoms with Crippen molar-refractivity contribution in [3.8, 4) is 10.4 Å². The number of thiophene rings is 1. The summed E-state index contributed by atoms with van der Waals surface area (Å²) in [5, 5.41) is 0.683. The fraction of sp³-hybridized carbons (Fsp3) is 0.105. The highest BCUT2D eigenvalue weighted by molar-refractivity contribution is 7.21. The molecule has 0 radical (unpaired) electrons. The third-order valence-electron chi connectivity index (χ3n) is 3.91. The third kappa shape index (κ3) is 2.86. The molecular formula is C19H15N3OS. The first-order valence-corrected chi connectivity index (χ1v) is 8.57. The lowest BCUT2D eigenvalue weighted by molar-refractivity contribution is 0.654. The summed E-state index contributed by atoms with van der Waals surface area (Å²) >= 11 is 1.55. The van der Waals surface area contributed by atoms with Gasteiger partial charge in [0.25, 0.3) is 5.56 Å². The lowest BCUT2D eigenvalue weighted by Gasteiger charge is -2.04. The van der Waals surface area contributed by atoms with Crippen LogP contribution in [0.3, 0.4) is 0 Å². The molecule has 0 N–H and O–H groups in total. The Hall–Kier alpha value is -2.79. The first-order chi connectivity index (χ1) is 11.8. The van der Waals surface area contributed by atoms with Crippen molar-refractivity contribution in [3.05, 3.63) is 83.2 Å². The molecule has 0 aliphatic heterocycles. The second kappa shape index (κ2) is 6.37. The fourth-order valence-corrected chi connectivity index (χ4v) is 3.64. The molecule has 3 heterocycles. The Morgan fingerprint density at radius 2 is 1.83 bits per heavy atom. The summed E-state index contributed by atoms with van der Waals surface area (Å²) in [6.45, 7) is 0.579. The van der Waals surface area contributed by atoms with E-state index in [0.29, 0.717) is 18.4 Å². The van der Waals surface area contributed by atoms with Crippen molar-refractivity contribution in [1.82, 2.24) is 14.5 Å². The van der Waals surface area contributed by atoms with E-state index in [1.807, 2.05) is 54.6 Å². The van der Waals surface area contributed by atoms with Gasteiger partial charge in [0.05, 0.1) is 11.7 Å². The summed E-state index contributed by atoms with van der Waals surface area (Å²) in [7, 11) is 0. The zero-order valence-electron chi connectivity index (χ0n) is 12.9. The van der Waals surface area contributed by atoms with Crippen molar-refractivity contribution in [2.75, 3.05) is 0 Å². The van der Waals surface area contributed by atoms with Gasteiger partial charge < -0.3 is 0 Å². The molecule has 0 atom stereocenters. The van der Waals surface area contributed by atoms with Gasteiger partial charge in [-0.25, -0.2) is 4.98 Å². The predicted octanol–water partition coefficient (Wildman–Crippen LogP) is 3.76. The Kier molecular flexibility index (Phi) is 3.92. The second-order valence-electron chi connectivity index (χ2n) is 5.51. The molecule has 0 aliphatic carbocycles. The number of hydrogen-bond acceptors (Lipinski definition) is 4. The Bertz CT molecular complexity index is 1020. The summed E-state index contributed by atoms with van der Waals surface area (Å²) < 4.78 is 1.67. The average Bonchev–Trinajstić information content (AvgIpc) is 3.08. The van der Waals surface area contributed by atoms with Gasteiger partial charge in [-0.2, -0.15) is 0 Å². The molecule has 1 aromatic carbocycles. The highest BCUT2D eigenvalue weighted by atomic mass is 32.1. The lowest BCUT2D eigenvalue weighted by Crippen LogP contribution is -2.21. The average molecular weight is 333 g/mol. The maximum absolute atomic E-state index is 12.7. The quantitative estimate of drug-likeness (QED) is 0.571. The molecule has 3 aromatic heterocycles. The largest absolute Gasteiger partial charge is 0.298 e. The number of fused-ring (bicyclic) bond motifs is 1. The Morgan fingerprint density at radius 1 is 1.00 bits per heavy atom. The summed E-state index contributed by atoms with van der Waals surface area (Å²) in [4.78, 5) is 23.3. The molecule has 4 aromatic rings.